The topological polar surface area (TPSA) is 110 Å². The molecule has 1 aromatic rings. The molecule has 0 saturated carbocycles. The second-order valence-corrected chi connectivity index (χ2v) is 4.12. The maximum atomic E-state index is 10.8. The van der Waals surface area contributed by atoms with Gasteiger partial charge in [0.1, 0.15) is 0 Å². The van der Waals surface area contributed by atoms with E-state index in [4.69, 9.17) is 4.55 Å². The first kappa shape index (κ1) is 14.0. The minimum atomic E-state index is -4.73. The van der Waals surface area contributed by atoms with Crippen molar-refractivity contribution in [2.45, 2.75) is 0 Å². The SMILES string of the molecule is COC(=O)/C=C/c1ccc(O)c(OS(=O)(=O)O)c1. The van der Waals surface area contributed by atoms with E-state index in [2.05, 4.69) is 8.92 Å². The highest BCUT2D eigenvalue weighted by molar-refractivity contribution is 7.81. The summed E-state index contributed by atoms with van der Waals surface area (Å²) in [6.45, 7) is 0. The van der Waals surface area contributed by atoms with Crippen LogP contribution in [0, 0.1) is 0 Å². The zero-order chi connectivity index (χ0) is 13.8. The number of carbonyl (C=O) groups excluding carboxylic acids is 1. The Hall–Kier alpha value is -2.06. The Labute approximate surface area is 103 Å². The van der Waals surface area contributed by atoms with Crippen LogP contribution in [0.3, 0.4) is 0 Å². The number of methoxy groups -OCH3 is 1. The number of ether oxygens (including phenoxy) is 1. The van der Waals surface area contributed by atoms with E-state index in [1.807, 2.05) is 0 Å². The van der Waals surface area contributed by atoms with Gasteiger partial charge in [-0.2, -0.15) is 8.42 Å². The van der Waals surface area contributed by atoms with Crippen molar-refractivity contribution >= 4 is 22.4 Å². The molecule has 0 aliphatic carbocycles. The van der Waals surface area contributed by atoms with Gasteiger partial charge in [-0.25, -0.2) is 4.79 Å². The smallest absolute Gasteiger partial charge is 0.446 e. The Bertz CT molecular complexity index is 574. The van der Waals surface area contributed by atoms with Gasteiger partial charge in [-0.05, 0) is 23.8 Å². The molecule has 0 bridgehead atoms. The number of aromatic hydroxyl groups is 1. The van der Waals surface area contributed by atoms with Crippen molar-refractivity contribution in [2.75, 3.05) is 7.11 Å². The van der Waals surface area contributed by atoms with E-state index >= 15 is 0 Å². The van der Waals surface area contributed by atoms with Crippen LogP contribution in [0.2, 0.25) is 0 Å². The summed E-state index contributed by atoms with van der Waals surface area (Å²) in [5, 5.41) is 9.31. The number of hydrogen-bond acceptors (Lipinski definition) is 6. The summed E-state index contributed by atoms with van der Waals surface area (Å²) in [4.78, 5) is 10.8. The van der Waals surface area contributed by atoms with Gasteiger partial charge < -0.3 is 14.0 Å². The van der Waals surface area contributed by atoms with Crippen molar-refractivity contribution in [1.29, 1.82) is 0 Å². The Kier molecular flexibility index (Phi) is 4.29. The molecule has 0 heterocycles. The summed E-state index contributed by atoms with van der Waals surface area (Å²) in [5.74, 6) is -1.52. The predicted molar refractivity (Wildman–Crippen MR) is 61.3 cm³/mol. The van der Waals surface area contributed by atoms with E-state index in [1.54, 1.807) is 0 Å². The van der Waals surface area contributed by atoms with Crippen LogP contribution in [0.4, 0.5) is 0 Å². The Morgan fingerprint density at radius 2 is 2.06 bits per heavy atom. The van der Waals surface area contributed by atoms with Crippen molar-refractivity contribution in [2.24, 2.45) is 0 Å². The van der Waals surface area contributed by atoms with Crippen molar-refractivity contribution in [3.63, 3.8) is 0 Å². The van der Waals surface area contributed by atoms with Gasteiger partial charge in [0.05, 0.1) is 7.11 Å². The van der Waals surface area contributed by atoms with Crippen molar-refractivity contribution in [3.8, 4) is 11.5 Å². The predicted octanol–water partition coefficient (Wildman–Crippen LogP) is 0.760. The number of benzene rings is 1. The van der Waals surface area contributed by atoms with Crippen LogP contribution in [0.5, 0.6) is 11.5 Å². The van der Waals surface area contributed by atoms with E-state index in [9.17, 15) is 18.3 Å². The molecule has 0 spiro atoms. The summed E-state index contributed by atoms with van der Waals surface area (Å²) in [7, 11) is -3.52. The number of phenolic OH excluding ortho intramolecular Hbond substituents is 1. The highest BCUT2D eigenvalue weighted by Crippen LogP contribution is 2.28. The average molecular weight is 274 g/mol. The molecule has 0 unspecified atom stereocenters. The lowest BCUT2D eigenvalue weighted by Crippen LogP contribution is -2.06. The molecule has 7 nitrogen and oxygen atoms in total. The van der Waals surface area contributed by atoms with Crippen LogP contribution >= 0.6 is 0 Å². The van der Waals surface area contributed by atoms with Crippen LogP contribution in [-0.4, -0.2) is 31.2 Å². The van der Waals surface area contributed by atoms with Gasteiger partial charge in [-0.3, -0.25) is 4.55 Å². The summed E-state index contributed by atoms with van der Waals surface area (Å²) in [6.07, 6.45) is 2.42. The maximum absolute atomic E-state index is 10.8. The fourth-order valence-corrected chi connectivity index (χ4v) is 1.41. The summed E-state index contributed by atoms with van der Waals surface area (Å²) >= 11 is 0. The molecule has 1 aromatic carbocycles. The summed E-state index contributed by atoms with van der Waals surface area (Å²) in [6, 6.07) is 3.69. The molecule has 0 radical (unpaired) electrons. The van der Waals surface area contributed by atoms with Crippen molar-refractivity contribution in [3.05, 3.63) is 29.8 Å². The molecule has 18 heavy (non-hydrogen) atoms. The quantitative estimate of drug-likeness (QED) is 0.473. The van der Waals surface area contributed by atoms with Crippen LogP contribution in [0.15, 0.2) is 24.3 Å². The van der Waals surface area contributed by atoms with E-state index in [0.717, 1.165) is 18.2 Å². The van der Waals surface area contributed by atoms with Gasteiger partial charge in [0.25, 0.3) is 0 Å². The summed E-state index contributed by atoms with van der Waals surface area (Å²) < 4.78 is 38.0. The third-order valence-electron chi connectivity index (χ3n) is 1.79. The highest BCUT2D eigenvalue weighted by atomic mass is 32.3. The number of carbonyl (C=O) groups is 1. The average Bonchev–Trinajstić information content (AvgIpc) is 2.28. The lowest BCUT2D eigenvalue weighted by Gasteiger charge is -2.04. The molecule has 8 heteroatoms. The molecule has 0 aromatic heterocycles. The highest BCUT2D eigenvalue weighted by Gasteiger charge is 2.11. The molecule has 2 N–H and O–H groups in total. The molecular weight excluding hydrogens is 264 g/mol. The number of phenols is 1. The Morgan fingerprint density at radius 3 is 2.61 bits per heavy atom. The van der Waals surface area contributed by atoms with E-state index in [-0.39, 0.29) is 0 Å². The first-order valence-corrected chi connectivity index (χ1v) is 5.94. The lowest BCUT2D eigenvalue weighted by atomic mass is 10.2. The van der Waals surface area contributed by atoms with Crippen molar-refractivity contribution < 1.29 is 31.8 Å². The van der Waals surface area contributed by atoms with Crippen molar-refractivity contribution in [1.82, 2.24) is 0 Å². The summed E-state index contributed by atoms with van der Waals surface area (Å²) in [5.41, 5.74) is 0.372. The minimum Gasteiger partial charge on any atom is -0.504 e. The normalized spacial score (nSPS) is 11.4. The fourth-order valence-electron chi connectivity index (χ4n) is 1.05. The van der Waals surface area contributed by atoms with Gasteiger partial charge in [0.15, 0.2) is 11.5 Å². The molecule has 0 amide bonds. The molecule has 0 saturated heterocycles. The lowest BCUT2D eigenvalue weighted by molar-refractivity contribution is -0.134. The monoisotopic (exact) mass is 274 g/mol. The van der Waals surface area contributed by atoms with Crippen LogP contribution in [-0.2, 0) is 19.9 Å². The maximum Gasteiger partial charge on any atom is 0.446 e. The molecule has 0 aliphatic rings. The third-order valence-corrected chi connectivity index (χ3v) is 2.18. The first-order chi connectivity index (χ1) is 8.31. The van der Waals surface area contributed by atoms with Gasteiger partial charge in [-0.15, -0.1) is 0 Å². The zero-order valence-corrected chi connectivity index (χ0v) is 10.0. The van der Waals surface area contributed by atoms with Crippen LogP contribution in [0.25, 0.3) is 6.08 Å². The molecule has 0 aliphatic heterocycles. The molecular formula is C10H10O7S. The van der Waals surface area contributed by atoms with E-state index < -0.39 is 27.9 Å². The number of rotatable bonds is 4. The van der Waals surface area contributed by atoms with E-state index in [1.165, 1.54) is 19.3 Å². The molecule has 0 fully saturated rings. The molecule has 1 rings (SSSR count). The van der Waals surface area contributed by atoms with Gasteiger partial charge in [-0.1, -0.05) is 6.07 Å². The fraction of sp³-hybridized carbons (Fsp3) is 0.100. The Balaban J connectivity index is 3.01. The second-order valence-electron chi connectivity index (χ2n) is 3.09. The Morgan fingerprint density at radius 1 is 1.39 bits per heavy atom. The zero-order valence-electron chi connectivity index (χ0n) is 9.23. The largest absolute Gasteiger partial charge is 0.504 e. The van der Waals surface area contributed by atoms with Gasteiger partial charge in [0, 0.05) is 6.08 Å². The van der Waals surface area contributed by atoms with Gasteiger partial charge in [0.2, 0.25) is 0 Å². The second kappa shape index (κ2) is 5.52. The molecule has 98 valence electrons. The number of hydrogen-bond donors (Lipinski definition) is 2. The minimum absolute atomic E-state index is 0.372. The van der Waals surface area contributed by atoms with Crippen LogP contribution in [0.1, 0.15) is 5.56 Å². The van der Waals surface area contributed by atoms with Crippen LogP contribution < -0.4 is 4.18 Å². The van der Waals surface area contributed by atoms with Gasteiger partial charge >= 0.3 is 16.4 Å². The standard InChI is InChI=1S/C10H10O7S/c1-16-10(12)5-3-7-2-4-8(11)9(6-7)17-18(13,14)15/h2-6,11H,1H3,(H,13,14,15)/b5-3+. The molecule has 0 atom stereocenters. The number of esters is 1. The first-order valence-electron chi connectivity index (χ1n) is 4.58. The van der Waals surface area contributed by atoms with E-state index in [0.29, 0.717) is 5.56 Å². The third kappa shape index (κ3) is 4.44.